The number of nitrogens with zero attached hydrogens (tertiary/aromatic N) is 3. The average molecular weight is 389 g/mol. The summed E-state index contributed by atoms with van der Waals surface area (Å²) in [6.45, 7) is 2.98. The molecule has 3 rings (SSSR count). The van der Waals surface area contributed by atoms with Crippen LogP contribution in [0.15, 0.2) is 27.9 Å². The van der Waals surface area contributed by atoms with E-state index in [1.807, 2.05) is 0 Å². The van der Waals surface area contributed by atoms with E-state index in [4.69, 9.17) is 4.74 Å². The van der Waals surface area contributed by atoms with Gasteiger partial charge in [-0.1, -0.05) is 6.07 Å². The summed E-state index contributed by atoms with van der Waals surface area (Å²) in [5.41, 5.74) is 2.02. The lowest BCUT2D eigenvalue weighted by atomic mass is 10.2. The van der Waals surface area contributed by atoms with Crippen LogP contribution >= 0.6 is 11.8 Å². The predicted octanol–water partition coefficient (Wildman–Crippen LogP) is 1.86. The Kier molecular flexibility index (Phi) is 4.97. The quantitative estimate of drug-likeness (QED) is 0.586. The lowest BCUT2D eigenvalue weighted by Gasteiger charge is -2.13. The Hall–Kier alpha value is -2.81. The third-order valence-electron chi connectivity index (χ3n) is 4.12. The van der Waals surface area contributed by atoms with Crippen LogP contribution in [-0.2, 0) is 28.4 Å². The number of hydrogen-bond acceptors (Lipinski definition) is 6. The number of thioether (sulfide) groups is 1. The first kappa shape index (κ1) is 19.0. The van der Waals surface area contributed by atoms with E-state index in [9.17, 15) is 19.2 Å². The maximum absolute atomic E-state index is 12.5. The Labute approximate surface area is 159 Å². The van der Waals surface area contributed by atoms with Crippen LogP contribution in [-0.4, -0.2) is 43.8 Å². The SMILES string of the molecule is CC(C)OC(=O)CN1C(=O)S/C(=C/c2ccc3c(c2)n(C)c(=O)n3C)C1=O. The van der Waals surface area contributed by atoms with E-state index >= 15 is 0 Å². The molecule has 0 atom stereocenters. The minimum absolute atomic E-state index is 0.147. The molecule has 2 aromatic rings. The van der Waals surface area contributed by atoms with E-state index in [1.54, 1.807) is 52.2 Å². The number of amides is 2. The molecule has 1 fully saturated rings. The first-order valence-corrected chi connectivity index (χ1v) is 9.11. The highest BCUT2D eigenvalue weighted by Gasteiger charge is 2.36. The van der Waals surface area contributed by atoms with Gasteiger partial charge in [0.1, 0.15) is 6.54 Å². The number of fused-ring (bicyclic) bond motifs is 1. The predicted molar refractivity (Wildman–Crippen MR) is 102 cm³/mol. The maximum Gasteiger partial charge on any atom is 0.328 e. The molecule has 27 heavy (non-hydrogen) atoms. The van der Waals surface area contributed by atoms with Crippen molar-refractivity contribution in [1.82, 2.24) is 14.0 Å². The molecular formula is C18H19N3O5S. The molecule has 8 nitrogen and oxygen atoms in total. The van der Waals surface area contributed by atoms with Crippen LogP contribution in [0.25, 0.3) is 17.1 Å². The van der Waals surface area contributed by atoms with Gasteiger partial charge in [0.15, 0.2) is 0 Å². The summed E-state index contributed by atoms with van der Waals surface area (Å²) in [6.07, 6.45) is 1.26. The van der Waals surface area contributed by atoms with Gasteiger partial charge in [0, 0.05) is 14.1 Å². The minimum Gasteiger partial charge on any atom is -0.462 e. The zero-order valence-corrected chi connectivity index (χ0v) is 16.2. The molecule has 142 valence electrons. The van der Waals surface area contributed by atoms with Gasteiger partial charge in [0.25, 0.3) is 11.1 Å². The third kappa shape index (κ3) is 3.55. The molecule has 1 saturated heterocycles. The molecule has 1 aromatic carbocycles. The highest BCUT2D eigenvalue weighted by molar-refractivity contribution is 8.18. The summed E-state index contributed by atoms with van der Waals surface area (Å²) in [5, 5.41) is -0.514. The fourth-order valence-corrected chi connectivity index (χ4v) is 3.67. The van der Waals surface area contributed by atoms with Crippen LogP contribution in [0.2, 0.25) is 0 Å². The average Bonchev–Trinajstić information content (AvgIpc) is 2.97. The third-order valence-corrected chi connectivity index (χ3v) is 5.03. The van der Waals surface area contributed by atoms with E-state index < -0.39 is 23.7 Å². The van der Waals surface area contributed by atoms with Crippen molar-refractivity contribution in [3.8, 4) is 0 Å². The topological polar surface area (TPSA) is 90.6 Å². The Balaban J connectivity index is 1.87. The van der Waals surface area contributed by atoms with Crippen molar-refractivity contribution in [3.63, 3.8) is 0 Å². The van der Waals surface area contributed by atoms with Crippen molar-refractivity contribution >= 4 is 46.0 Å². The number of carbonyl (C=O) groups is 3. The van der Waals surface area contributed by atoms with Gasteiger partial charge >= 0.3 is 11.7 Å². The Morgan fingerprint density at radius 2 is 1.81 bits per heavy atom. The van der Waals surface area contributed by atoms with Gasteiger partial charge < -0.3 is 4.74 Å². The highest BCUT2D eigenvalue weighted by Crippen LogP contribution is 2.32. The fourth-order valence-electron chi connectivity index (χ4n) is 2.83. The molecule has 1 aliphatic heterocycles. The number of ether oxygens (including phenoxy) is 1. The largest absolute Gasteiger partial charge is 0.462 e. The Bertz CT molecular complexity index is 1050. The number of imide groups is 1. The second-order valence-corrected chi connectivity index (χ2v) is 7.45. The molecule has 0 aliphatic carbocycles. The number of hydrogen-bond donors (Lipinski definition) is 0. The first-order valence-electron chi connectivity index (χ1n) is 8.29. The van der Waals surface area contributed by atoms with E-state index in [1.165, 1.54) is 9.13 Å². The van der Waals surface area contributed by atoms with E-state index in [0.29, 0.717) is 5.56 Å². The molecule has 0 N–H and O–H groups in total. The monoisotopic (exact) mass is 389 g/mol. The Morgan fingerprint density at radius 1 is 1.15 bits per heavy atom. The van der Waals surface area contributed by atoms with Gasteiger partial charge in [-0.15, -0.1) is 0 Å². The molecule has 1 aromatic heterocycles. The van der Waals surface area contributed by atoms with Gasteiger partial charge in [0.2, 0.25) is 0 Å². The van der Waals surface area contributed by atoms with Crippen LogP contribution in [0.5, 0.6) is 0 Å². The molecule has 0 spiro atoms. The van der Waals surface area contributed by atoms with E-state index in [2.05, 4.69) is 0 Å². The van der Waals surface area contributed by atoms with Crippen molar-refractivity contribution in [2.75, 3.05) is 6.54 Å². The summed E-state index contributed by atoms with van der Waals surface area (Å²) in [7, 11) is 3.36. The van der Waals surface area contributed by atoms with Crippen LogP contribution in [0.3, 0.4) is 0 Å². The molecule has 0 unspecified atom stereocenters. The lowest BCUT2D eigenvalue weighted by Crippen LogP contribution is -2.35. The number of carbonyl (C=O) groups excluding carboxylic acids is 3. The minimum atomic E-state index is -0.630. The smallest absolute Gasteiger partial charge is 0.328 e. The normalized spacial score (nSPS) is 16.2. The van der Waals surface area contributed by atoms with Crippen LogP contribution in [0, 0.1) is 0 Å². The molecule has 0 radical (unpaired) electrons. The van der Waals surface area contributed by atoms with Crippen LogP contribution < -0.4 is 5.69 Å². The van der Waals surface area contributed by atoms with Gasteiger partial charge in [-0.2, -0.15) is 0 Å². The zero-order chi connectivity index (χ0) is 19.9. The summed E-state index contributed by atoms with van der Waals surface area (Å²) >= 11 is 0.772. The van der Waals surface area contributed by atoms with Gasteiger partial charge in [-0.3, -0.25) is 28.4 Å². The maximum atomic E-state index is 12.5. The molecule has 9 heteroatoms. The fraction of sp³-hybridized carbons (Fsp3) is 0.333. The molecule has 0 bridgehead atoms. The first-order chi connectivity index (χ1) is 12.7. The van der Waals surface area contributed by atoms with Crippen molar-refractivity contribution in [2.24, 2.45) is 14.1 Å². The summed E-state index contributed by atoms with van der Waals surface area (Å²) in [4.78, 5) is 49.4. The standard InChI is InChI=1S/C18H19N3O5S/c1-10(2)26-15(22)9-21-16(23)14(27-18(21)25)8-11-5-6-12-13(7-11)20(4)17(24)19(12)3/h5-8,10H,9H2,1-4H3/b14-8+. The number of imidazole rings is 1. The van der Waals surface area contributed by atoms with E-state index in [0.717, 1.165) is 27.7 Å². The van der Waals surface area contributed by atoms with Crippen LogP contribution in [0.1, 0.15) is 19.4 Å². The lowest BCUT2D eigenvalue weighted by molar-refractivity contribution is -0.149. The summed E-state index contributed by atoms with van der Waals surface area (Å²) in [6, 6.07) is 5.33. The summed E-state index contributed by atoms with van der Waals surface area (Å²) < 4.78 is 8.04. The second kappa shape index (κ2) is 7.07. The van der Waals surface area contributed by atoms with Gasteiger partial charge in [-0.05, 0) is 49.4 Å². The molecule has 0 saturated carbocycles. The zero-order valence-electron chi connectivity index (χ0n) is 15.4. The number of esters is 1. The Morgan fingerprint density at radius 3 is 2.48 bits per heavy atom. The van der Waals surface area contributed by atoms with Gasteiger partial charge in [-0.25, -0.2) is 4.79 Å². The van der Waals surface area contributed by atoms with Crippen LogP contribution in [0.4, 0.5) is 4.79 Å². The molecular weight excluding hydrogens is 370 g/mol. The summed E-state index contributed by atoms with van der Waals surface area (Å²) in [5.74, 6) is -1.16. The second-order valence-electron chi connectivity index (χ2n) is 6.46. The van der Waals surface area contributed by atoms with Crippen molar-refractivity contribution in [3.05, 3.63) is 39.2 Å². The highest BCUT2D eigenvalue weighted by atomic mass is 32.2. The number of aromatic nitrogens is 2. The van der Waals surface area contributed by atoms with E-state index in [-0.39, 0.29) is 16.7 Å². The van der Waals surface area contributed by atoms with Crippen molar-refractivity contribution < 1.29 is 19.1 Å². The van der Waals surface area contributed by atoms with Crippen molar-refractivity contribution in [1.29, 1.82) is 0 Å². The number of aryl methyl sites for hydroxylation is 2. The van der Waals surface area contributed by atoms with Gasteiger partial charge in [0.05, 0.1) is 22.0 Å². The number of rotatable bonds is 4. The molecule has 2 heterocycles. The van der Waals surface area contributed by atoms with Crippen molar-refractivity contribution in [2.45, 2.75) is 20.0 Å². The molecule has 2 amide bonds. The molecule has 1 aliphatic rings. The number of benzene rings is 1.